The summed E-state index contributed by atoms with van der Waals surface area (Å²) in [5.74, 6) is 1.85. The van der Waals surface area contributed by atoms with Gasteiger partial charge in [-0.2, -0.15) is 0 Å². The molecule has 0 aromatic heterocycles. The van der Waals surface area contributed by atoms with E-state index in [9.17, 15) is 4.79 Å². The normalized spacial score (nSPS) is 25.6. The van der Waals surface area contributed by atoms with Gasteiger partial charge >= 0.3 is 0 Å². The Morgan fingerprint density at radius 3 is 2.65 bits per heavy atom. The molecule has 0 aliphatic heterocycles. The molecule has 0 aromatic rings. The van der Waals surface area contributed by atoms with Gasteiger partial charge in [-0.1, -0.05) is 26.7 Å². The van der Waals surface area contributed by atoms with E-state index < -0.39 is 0 Å². The van der Waals surface area contributed by atoms with E-state index in [2.05, 4.69) is 24.5 Å². The van der Waals surface area contributed by atoms with Crippen molar-refractivity contribution in [2.24, 2.45) is 11.8 Å². The first-order valence-corrected chi connectivity index (χ1v) is 7.07. The molecule has 0 saturated heterocycles. The van der Waals surface area contributed by atoms with Gasteiger partial charge in [-0.05, 0) is 31.1 Å². The molecule has 2 unspecified atom stereocenters. The molecule has 1 amide bonds. The van der Waals surface area contributed by atoms with Crippen LogP contribution in [0.4, 0.5) is 0 Å². The van der Waals surface area contributed by atoms with Gasteiger partial charge in [0, 0.05) is 26.1 Å². The second kappa shape index (κ2) is 7.70. The van der Waals surface area contributed by atoms with Crippen molar-refractivity contribution in [3.8, 4) is 0 Å². The third-order valence-corrected chi connectivity index (χ3v) is 4.02. The summed E-state index contributed by atoms with van der Waals surface area (Å²) in [6.07, 6.45) is 7.20. The molecule has 1 aliphatic carbocycles. The first-order valence-electron chi connectivity index (χ1n) is 7.07. The highest BCUT2D eigenvalue weighted by Crippen LogP contribution is 2.28. The van der Waals surface area contributed by atoms with E-state index in [0.717, 1.165) is 18.4 Å². The van der Waals surface area contributed by atoms with Crippen LogP contribution in [0.15, 0.2) is 0 Å². The lowest BCUT2D eigenvalue weighted by Gasteiger charge is -2.19. The van der Waals surface area contributed by atoms with Crippen LogP contribution < -0.4 is 10.6 Å². The molecule has 100 valence electrons. The summed E-state index contributed by atoms with van der Waals surface area (Å²) in [4.78, 5) is 11.1. The van der Waals surface area contributed by atoms with Crippen molar-refractivity contribution < 1.29 is 4.79 Å². The van der Waals surface area contributed by atoms with Crippen molar-refractivity contribution in [2.45, 2.75) is 58.4 Å². The van der Waals surface area contributed by atoms with Crippen LogP contribution in [-0.2, 0) is 4.79 Å². The molecule has 1 fully saturated rings. The molecule has 0 bridgehead atoms. The Morgan fingerprint density at radius 2 is 2.00 bits per heavy atom. The van der Waals surface area contributed by atoms with Gasteiger partial charge in [-0.3, -0.25) is 4.79 Å². The van der Waals surface area contributed by atoms with Crippen molar-refractivity contribution >= 4 is 5.91 Å². The molecule has 1 aliphatic rings. The van der Waals surface area contributed by atoms with Crippen LogP contribution in [0, 0.1) is 11.8 Å². The van der Waals surface area contributed by atoms with Crippen molar-refractivity contribution in [2.75, 3.05) is 13.6 Å². The number of amides is 1. The van der Waals surface area contributed by atoms with E-state index in [-0.39, 0.29) is 5.91 Å². The highest BCUT2D eigenvalue weighted by molar-refractivity contribution is 5.75. The van der Waals surface area contributed by atoms with Crippen LogP contribution in [0.25, 0.3) is 0 Å². The van der Waals surface area contributed by atoms with Crippen molar-refractivity contribution in [1.82, 2.24) is 10.6 Å². The van der Waals surface area contributed by atoms with Gasteiger partial charge in [0.2, 0.25) is 5.91 Å². The molecular weight excluding hydrogens is 212 g/mol. The maximum absolute atomic E-state index is 11.1. The first kappa shape index (κ1) is 14.5. The molecule has 0 spiro atoms. The summed E-state index contributed by atoms with van der Waals surface area (Å²) in [7, 11) is 1.70. The quantitative estimate of drug-likeness (QED) is 0.724. The number of rotatable bonds is 5. The predicted octanol–water partition coefficient (Wildman–Crippen LogP) is 2.32. The van der Waals surface area contributed by atoms with E-state index >= 15 is 0 Å². The van der Waals surface area contributed by atoms with Gasteiger partial charge in [-0.25, -0.2) is 0 Å². The van der Waals surface area contributed by atoms with Crippen molar-refractivity contribution in [3.63, 3.8) is 0 Å². The van der Waals surface area contributed by atoms with Crippen LogP contribution in [0.5, 0.6) is 0 Å². The Morgan fingerprint density at radius 1 is 1.24 bits per heavy atom. The minimum atomic E-state index is 0.131. The van der Waals surface area contributed by atoms with Crippen LogP contribution in [0.3, 0.4) is 0 Å². The Balaban J connectivity index is 2.20. The molecule has 3 nitrogen and oxygen atoms in total. The summed E-state index contributed by atoms with van der Waals surface area (Å²) in [6.45, 7) is 5.49. The Kier molecular flexibility index (Phi) is 6.56. The fourth-order valence-electron chi connectivity index (χ4n) is 2.72. The van der Waals surface area contributed by atoms with Gasteiger partial charge in [0.15, 0.2) is 0 Å². The SMILES string of the molecule is CNC(=O)CCNC1CCCC(C(C)C)CC1. The molecule has 0 aromatic carbocycles. The summed E-state index contributed by atoms with van der Waals surface area (Å²) < 4.78 is 0. The Hall–Kier alpha value is -0.570. The molecular formula is C14H28N2O. The largest absolute Gasteiger partial charge is 0.359 e. The fourth-order valence-corrected chi connectivity index (χ4v) is 2.72. The van der Waals surface area contributed by atoms with Crippen LogP contribution in [0.1, 0.15) is 52.4 Å². The summed E-state index contributed by atoms with van der Waals surface area (Å²) in [6, 6.07) is 0.628. The second-order valence-corrected chi connectivity index (χ2v) is 5.59. The van der Waals surface area contributed by atoms with E-state index in [1.54, 1.807) is 7.05 Å². The zero-order valence-electron chi connectivity index (χ0n) is 11.6. The molecule has 1 saturated carbocycles. The fraction of sp³-hybridized carbons (Fsp3) is 0.929. The number of carbonyl (C=O) groups is 1. The topological polar surface area (TPSA) is 41.1 Å². The van der Waals surface area contributed by atoms with Gasteiger partial charge in [0.25, 0.3) is 0 Å². The number of carbonyl (C=O) groups excluding carboxylic acids is 1. The lowest BCUT2D eigenvalue weighted by Crippen LogP contribution is -2.32. The summed E-state index contributed by atoms with van der Waals surface area (Å²) >= 11 is 0. The molecule has 2 atom stereocenters. The minimum absolute atomic E-state index is 0.131. The van der Waals surface area contributed by atoms with E-state index in [4.69, 9.17) is 0 Å². The first-order chi connectivity index (χ1) is 8.13. The molecule has 17 heavy (non-hydrogen) atoms. The monoisotopic (exact) mass is 240 g/mol. The highest BCUT2D eigenvalue weighted by Gasteiger charge is 2.20. The molecule has 1 rings (SSSR count). The molecule has 0 heterocycles. The van der Waals surface area contributed by atoms with E-state index in [0.29, 0.717) is 12.5 Å². The zero-order valence-corrected chi connectivity index (χ0v) is 11.6. The number of hydrogen-bond acceptors (Lipinski definition) is 2. The van der Waals surface area contributed by atoms with Gasteiger partial charge in [-0.15, -0.1) is 0 Å². The maximum atomic E-state index is 11.1. The average Bonchev–Trinajstić information content (AvgIpc) is 2.54. The Bertz CT molecular complexity index is 228. The second-order valence-electron chi connectivity index (χ2n) is 5.59. The van der Waals surface area contributed by atoms with Crippen LogP contribution in [-0.4, -0.2) is 25.5 Å². The standard InChI is InChI=1S/C14H28N2O/c1-11(2)12-5-4-6-13(8-7-12)16-10-9-14(17)15-3/h11-13,16H,4-10H2,1-3H3,(H,15,17). The van der Waals surface area contributed by atoms with E-state index in [1.165, 1.54) is 32.1 Å². The van der Waals surface area contributed by atoms with Crippen molar-refractivity contribution in [1.29, 1.82) is 0 Å². The van der Waals surface area contributed by atoms with Crippen LogP contribution >= 0.6 is 0 Å². The number of nitrogens with one attached hydrogen (secondary N) is 2. The average molecular weight is 240 g/mol. The third-order valence-electron chi connectivity index (χ3n) is 4.02. The van der Waals surface area contributed by atoms with Gasteiger partial charge in [0.1, 0.15) is 0 Å². The molecule has 2 N–H and O–H groups in total. The lowest BCUT2D eigenvalue weighted by atomic mass is 9.89. The zero-order chi connectivity index (χ0) is 12.7. The summed E-state index contributed by atoms with van der Waals surface area (Å²) in [5.41, 5.74) is 0. The third kappa shape index (κ3) is 5.53. The lowest BCUT2D eigenvalue weighted by molar-refractivity contribution is -0.120. The summed E-state index contributed by atoms with van der Waals surface area (Å²) in [5, 5.41) is 6.18. The van der Waals surface area contributed by atoms with Gasteiger partial charge in [0.05, 0.1) is 0 Å². The molecule has 3 heteroatoms. The highest BCUT2D eigenvalue weighted by atomic mass is 16.1. The van der Waals surface area contributed by atoms with Gasteiger partial charge < -0.3 is 10.6 Å². The van der Waals surface area contributed by atoms with Crippen LogP contribution in [0.2, 0.25) is 0 Å². The predicted molar refractivity (Wildman–Crippen MR) is 71.9 cm³/mol. The van der Waals surface area contributed by atoms with E-state index in [1.807, 2.05) is 0 Å². The molecule has 0 radical (unpaired) electrons. The maximum Gasteiger partial charge on any atom is 0.221 e. The smallest absolute Gasteiger partial charge is 0.221 e. The van der Waals surface area contributed by atoms with Crippen molar-refractivity contribution in [3.05, 3.63) is 0 Å². The minimum Gasteiger partial charge on any atom is -0.359 e. The Labute approximate surface area is 106 Å². The number of hydrogen-bond donors (Lipinski definition) is 2.